The molecule has 3 aromatic heterocycles. The Bertz CT molecular complexity index is 1330. The molecule has 0 radical (unpaired) electrons. The number of carbonyl (C=O) groups is 1. The van der Waals surface area contributed by atoms with E-state index in [4.69, 9.17) is 5.73 Å². The lowest BCUT2D eigenvalue weighted by Crippen LogP contribution is -2.39. The fraction of sp³-hybridized carbons (Fsp3) is 0.273. The van der Waals surface area contributed by atoms with Crippen molar-refractivity contribution >= 4 is 33.5 Å². The molecule has 164 valence electrons. The van der Waals surface area contributed by atoms with Crippen LogP contribution in [0.1, 0.15) is 40.5 Å². The first-order valence-corrected chi connectivity index (χ1v) is 10.2. The Morgan fingerprint density at radius 3 is 2.84 bits per heavy atom. The Hall–Kier alpha value is -3.69. The first-order valence-electron chi connectivity index (χ1n) is 10.2. The zero-order valence-electron chi connectivity index (χ0n) is 16.9. The zero-order chi connectivity index (χ0) is 22.5. The SMILES string of the molecule is Nc1[nH]nc2nc([C@H]3CCCN(C(=O)c4nccc5ccccc45)C3)cc(C(F)(F)F)c12. The Kier molecular flexibility index (Phi) is 4.72. The number of carbonyl (C=O) groups excluding carboxylic acids is 1. The van der Waals surface area contributed by atoms with Crippen LogP contribution >= 0.6 is 0 Å². The molecule has 1 atom stereocenters. The molecule has 4 aromatic rings. The van der Waals surface area contributed by atoms with Crippen LogP contribution in [-0.2, 0) is 6.18 Å². The molecule has 7 nitrogen and oxygen atoms in total. The number of halogens is 3. The zero-order valence-corrected chi connectivity index (χ0v) is 16.9. The van der Waals surface area contributed by atoms with E-state index in [1.807, 2.05) is 30.3 Å². The monoisotopic (exact) mass is 440 g/mol. The van der Waals surface area contributed by atoms with Gasteiger partial charge in [0.05, 0.1) is 10.9 Å². The third-order valence-electron chi connectivity index (χ3n) is 5.88. The van der Waals surface area contributed by atoms with Gasteiger partial charge in [-0.25, -0.2) is 4.98 Å². The maximum Gasteiger partial charge on any atom is 0.417 e. The average Bonchev–Trinajstić information content (AvgIpc) is 3.17. The molecule has 4 heterocycles. The highest BCUT2D eigenvalue weighted by atomic mass is 19.4. The number of nitrogen functional groups attached to an aromatic ring is 1. The van der Waals surface area contributed by atoms with Gasteiger partial charge in [-0.05, 0) is 30.4 Å². The van der Waals surface area contributed by atoms with Gasteiger partial charge in [0, 0.05) is 36.3 Å². The number of aromatic nitrogens is 4. The summed E-state index contributed by atoms with van der Waals surface area (Å²) in [7, 11) is 0. The Labute approximate surface area is 180 Å². The minimum atomic E-state index is -4.61. The van der Waals surface area contributed by atoms with Crippen molar-refractivity contribution in [2.24, 2.45) is 0 Å². The smallest absolute Gasteiger partial charge is 0.383 e. The molecule has 32 heavy (non-hydrogen) atoms. The second-order valence-electron chi connectivity index (χ2n) is 7.90. The van der Waals surface area contributed by atoms with Gasteiger partial charge in [0.25, 0.3) is 5.91 Å². The number of amides is 1. The fourth-order valence-corrected chi connectivity index (χ4v) is 4.34. The molecule has 0 saturated carbocycles. The second kappa shape index (κ2) is 7.47. The summed E-state index contributed by atoms with van der Waals surface area (Å²) in [5, 5.41) is 7.62. The number of benzene rings is 1. The summed E-state index contributed by atoms with van der Waals surface area (Å²) < 4.78 is 41.1. The standard InChI is InChI=1S/C22H19F3N6O/c23-22(24,25)15-10-16(28-20-17(15)19(26)29-30-20)13-5-3-9-31(11-13)21(32)18-14-6-2-1-4-12(14)7-8-27-18/h1-2,4,6-8,10,13H,3,5,9,11H2,(H3,26,28,29,30)/t13-/m0/s1. The normalized spacial score (nSPS) is 17.2. The lowest BCUT2D eigenvalue weighted by atomic mass is 9.92. The minimum absolute atomic E-state index is 0.0773. The van der Waals surface area contributed by atoms with Crippen LogP contribution in [0.25, 0.3) is 21.8 Å². The van der Waals surface area contributed by atoms with Crippen molar-refractivity contribution < 1.29 is 18.0 Å². The number of piperidine rings is 1. The van der Waals surface area contributed by atoms with Crippen molar-refractivity contribution in [2.45, 2.75) is 24.9 Å². The van der Waals surface area contributed by atoms with Crippen LogP contribution in [0.2, 0.25) is 0 Å². The fourth-order valence-electron chi connectivity index (χ4n) is 4.34. The number of likely N-dealkylation sites (tertiary alicyclic amines) is 1. The maximum atomic E-state index is 13.7. The van der Waals surface area contributed by atoms with Gasteiger partial charge in [0.15, 0.2) is 5.65 Å². The van der Waals surface area contributed by atoms with Crippen LogP contribution in [-0.4, -0.2) is 44.1 Å². The molecule has 1 amide bonds. The molecule has 1 aliphatic heterocycles. The number of nitrogens with one attached hydrogen (secondary N) is 1. The quantitative estimate of drug-likeness (QED) is 0.488. The van der Waals surface area contributed by atoms with Crippen LogP contribution in [0.3, 0.4) is 0 Å². The van der Waals surface area contributed by atoms with Crippen LogP contribution < -0.4 is 5.73 Å². The number of aromatic amines is 1. The third kappa shape index (κ3) is 3.41. The van der Waals surface area contributed by atoms with Crippen molar-refractivity contribution in [3.8, 4) is 0 Å². The van der Waals surface area contributed by atoms with Gasteiger partial charge >= 0.3 is 6.18 Å². The van der Waals surface area contributed by atoms with Gasteiger partial charge in [-0.3, -0.25) is 14.9 Å². The van der Waals surface area contributed by atoms with E-state index < -0.39 is 11.7 Å². The summed E-state index contributed by atoms with van der Waals surface area (Å²) in [5.74, 6) is -0.771. The predicted octanol–water partition coefficient (Wildman–Crippen LogP) is 4.13. The van der Waals surface area contributed by atoms with E-state index >= 15 is 0 Å². The number of fused-ring (bicyclic) bond motifs is 2. The lowest BCUT2D eigenvalue weighted by Gasteiger charge is -2.32. The van der Waals surface area contributed by atoms with E-state index in [0.717, 1.165) is 16.8 Å². The van der Waals surface area contributed by atoms with Gasteiger partial charge in [0.1, 0.15) is 11.5 Å². The highest BCUT2D eigenvalue weighted by molar-refractivity contribution is 6.05. The van der Waals surface area contributed by atoms with Crippen LogP contribution in [0.15, 0.2) is 42.6 Å². The molecule has 1 aliphatic rings. The number of nitrogens with two attached hydrogens (primary N) is 1. The van der Waals surface area contributed by atoms with E-state index in [1.54, 1.807) is 11.1 Å². The molecular formula is C22H19F3N6O. The van der Waals surface area contributed by atoms with Gasteiger partial charge < -0.3 is 10.6 Å². The maximum absolute atomic E-state index is 13.7. The van der Waals surface area contributed by atoms with Crippen molar-refractivity contribution in [3.63, 3.8) is 0 Å². The van der Waals surface area contributed by atoms with E-state index in [9.17, 15) is 18.0 Å². The van der Waals surface area contributed by atoms with Crippen LogP contribution in [0.5, 0.6) is 0 Å². The highest BCUT2D eigenvalue weighted by Crippen LogP contribution is 2.38. The summed E-state index contributed by atoms with van der Waals surface area (Å²) in [6.07, 6.45) is -1.76. The molecule has 5 rings (SSSR count). The van der Waals surface area contributed by atoms with Gasteiger partial charge in [-0.1, -0.05) is 24.3 Å². The predicted molar refractivity (Wildman–Crippen MR) is 113 cm³/mol. The average molecular weight is 440 g/mol. The molecule has 0 bridgehead atoms. The molecule has 1 saturated heterocycles. The Morgan fingerprint density at radius 1 is 1.22 bits per heavy atom. The van der Waals surface area contributed by atoms with Crippen molar-refractivity contribution in [1.82, 2.24) is 25.1 Å². The van der Waals surface area contributed by atoms with Crippen LogP contribution in [0.4, 0.5) is 19.0 Å². The molecule has 3 N–H and O–H groups in total. The number of H-pyrrole nitrogens is 1. The Balaban J connectivity index is 1.49. The van der Waals surface area contributed by atoms with Crippen molar-refractivity contribution in [1.29, 1.82) is 0 Å². The Morgan fingerprint density at radius 2 is 2.03 bits per heavy atom. The molecule has 0 unspecified atom stereocenters. The summed E-state index contributed by atoms with van der Waals surface area (Å²) in [5.41, 5.74) is 5.29. The third-order valence-corrected chi connectivity index (χ3v) is 5.88. The van der Waals surface area contributed by atoms with Crippen molar-refractivity contribution in [2.75, 3.05) is 18.8 Å². The first kappa shape index (κ1) is 20.2. The molecule has 0 aliphatic carbocycles. The summed E-state index contributed by atoms with van der Waals surface area (Å²) in [6, 6.07) is 10.3. The van der Waals surface area contributed by atoms with Gasteiger partial charge in [-0.15, -0.1) is 0 Å². The molecule has 0 spiro atoms. The largest absolute Gasteiger partial charge is 0.417 e. The second-order valence-corrected chi connectivity index (χ2v) is 7.90. The van der Waals surface area contributed by atoms with Gasteiger partial charge in [-0.2, -0.15) is 18.3 Å². The van der Waals surface area contributed by atoms with E-state index in [-0.39, 0.29) is 40.9 Å². The topological polar surface area (TPSA) is 101 Å². The van der Waals surface area contributed by atoms with E-state index in [1.165, 1.54) is 0 Å². The number of anilines is 1. The highest BCUT2D eigenvalue weighted by Gasteiger charge is 2.37. The molecular weight excluding hydrogens is 421 g/mol. The number of pyridine rings is 2. The number of hydrogen-bond donors (Lipinski definition) is 2. The number of nitrogens with zero attached hydrogens (tertiary/aromatic N) is 4. The minimum Gasteiger partial charge on any atom is -0.383 e. The molecule has 1 aromatic carbocycles. The first-order chi connectivity index (χ1) is 15.3. The van der Waals surface area contributed by atoms with Gasteiger partial charge in [0.2, 0.25) is 0 Å². The van der Waals surface area contributed by atoms with Crippen LogP contribution in [0, 0.1) is 0 Å². The lowest BCUT2D eigenvalue weighted by molar-refractivity contribution is -0.136. The molecule has 1 fully saturated rings. The number of alkyl halides is 3. The summed E-state index contributed by atoms with van der Waals surface area (Å²) in [4.78, 5) is 23.5. The van der Waals surface area contributed by atoms with Crippen molar-refractivity contribution in [3.05, 3.63) is 59.5 Å². The number of hydrogen-bond acceptors (Lipinski definition) is 5. The summed E-state index contributed by atoms with van der Waals surface area (Å²) >= 11 is 0. The molecule has 10 heteroatoms. The van der Waals surface area contributed by atoms with E-state index in [0.29, 0.717) is 25.1 Å². The number of rotatable bonds is 2. The summed E-state index contributed by atoms with van der Waals surface area (Å²) in [6.45, 7) is 0.753. The van der Waals surface area contributed by atoms with E-state index in [2.05, 4.69) is 20.2 Å².